The van der Waals surface area contributed by atoms with Crippen LogP contribution in [0.5, 0.6) is 5.75 Å². The lowest BCUT2D eigenvalue weighted by Crippen LogP contribution is -2.15. The van der Waals surface area contributed by atoms with Crippen molar-refractivity contribution in [3.05, 3.63) is 65.1 Å². The van der Waals surface area contributed by atoms with Gasteiger partial charge in [-0.15, -0.1) is 5.10 Å². The third-order valence-corrected chi connectivity index (χ3v) is 4.67. The monoisotopic (exact) mass is 424 g/mol. The summed E-state index contributed by atoms with van der Waals surface area (Å²) in [6.07, 6.45) is -0.0702. The first-order valence-electron chi connectivity index (χ1n) is 9.00. The lowest BCUT2D eigenvalue weighted by molar-refractivity contribution is -0.115. The maximum atomic E-state index is 12.4. The lowest BCUT2D eigenvalue weighted by Gasteiger charge is -2.08. The number of benzene rings is 2. The Morgan fingerprint density at radius 2 is 1.97 bits per heavy atom. The maximum absolute atomic E-state index is 12.4. The molecule has 2 aromatic heterocycles. The number of halogens is 1. The number of nitrogens with one attached hydrogen (secondary N) is 1. The molecule has 1 N–H and O–H groups in total. The van der Waals surface area contributed by atoms with Crippen LogP contribution in [0.2, 0.25) is 5.02 Å². The van der Waals surface area contributed by atoms with Crippen LogP contribution in [-0.4, -0.2) is 38.2 Å². The summed E-state index contributed by atoms with van der Waals surface area (Å²) in [6, 6.07) is 14.4. The van der Waals surface area contributed by atoms with Crippen molar-refractivity contribution in [1.29, 1.82) is 0 Å². The van der Waals surface area contributed by atoms with Crippen molar-refractivity contribution in [2.75, 3.05) is 12.4 Å². The van der Waals surface area contributed by atoms with Gasteiger partial charge in [0.15, 0.2) is 11.5 Å². The second-order valence-electron chi connectivity index (χ2n) is 6.33. The van der Waals surface area contributed by atoms with Gasteiger partial charge >= 0.3 is 0 Å². The van der Waals surface area contributed by atoms with E-state index in [1.54, 1.807) is 28.9 Å². The Kier molecular flexibility index (Phi) is 5.44. The van der Waals surface area contributed by atoms with Gasteiger partial charge < -0.3 is 14.6 Å². The van der Waals surface area contributed by atoms with Gasteiger partial charge in [-0.05, 0) is 31.2 Å². The molecule has 2 aromatic carbocycles. The quantitative estimate of drug-likeness (QED) is 0.504. The highest BCUT2D eigenvalue weighted by Crippen LogP contribution is 2.26. The van der Waals surface area contributed by atoms with Crippen molar-refractivity contribution in [2.24, 2.45) is 0 Å². The van der Waals surface area contributed by atoms with E-state index in [4.69, 9.17) is 20.9 Å². The molecular formula is C20H17ClN6O3. The highest BCUT2D eigenvalue weighted by Gasteiger charge is 2.20. The lowest BCUT2D eigenvalue weighted by atomic mass is 10.2. The summed E-state index contributed by atoms with van der Waals surface area (Å²) in [5.41, 5.74) is 2.34. The highest BCUT2D eigenvalue weighted by atomic mass is 35.5. The molecule has 4 aromatic rings. The molecule has 9 nitrogen and oxygen atoms in total. The van der Waals surface area contributed by atoms with Crippen LogP contribution in [0.1, 0.15) is 11.5 Å². The van der Waals surface area contributed by atoms with Gasteiger partial charge in [-0.3, -0.25) is 4.79 Å². The van der Waals surface area contributed by atoms with Crippen molar-refractivity contribution >= 4 is 23.2 Å². The van der Waals surface area contributed by atoms with Gasteiger partial charge in [-0.1, -0.05) is 46.2 Å². The van der Waals surface area contributed by atoms with Crippen LogP contribution in [0.25, 0.3) is 17.3 Å². The van der Waals surface area contributed by atoms with Crippen molar-refractivity contribution in [3.63, 3.8) is 0 Å². The molecule has 0 saturated heterocycles. The van der Waals surface area contributed by atoms with Crippen LogP contribution in [0.3, 0.4) is 0 Å². The minimum atomic E-state index is -0.303. The van der Waals surface area contributed by atoms with E-state index in [-0.39, 0.29) is 24.0 Å². The largest absolute Gasteiger partial charge is 0.495 e. The zero-order valence-electron chi connectivity index (χ0n) is 16.2. The number of para-hydroxylation sites is 3. The van der Waals surface area contributed by atoms with Crippen LogP contribution in [0.15, 0.2) is 53.1 Å². The van der Waals surface area contributed by atoms with E-state index in [0.29, 0.717) is 33.5 Å². The summed E-state index contributed by atoms with van der Waals surface area (Å²) in [4.78, 5) is 16.6. The molecule has 1 amide bonds. The molecule has 0 aliphatic heterocycles. The first-order chi connectivity index (χ1) is 14.6. The van der Waals surface area contributed by atoms with Crippen LogP contribution in [0.4, 0.5) is 5.69 Å². The van der Waals surface area contributed by atoms with Crippen LogP contribution in [0, 0.1) is 6.92 Å². The Hall–Kier alpha value is -3.72. The molecular weight excluding hydrogens is 408 g/mol. The summed E-state index contributed by atoms with van der Waals surface area (Å²) in [6.45, 7) is 1.82. The van der Waals surface area contributed by atoms with Gasteiger partial charge in [-0.25, -0.2) is 4.68 Å². The zero-order valence-corrected chi connectivity index (χ0v) is 16.9. The summed E-state index contributed by atoms with van der Waals surface area (Å²) in [5, 5.41) is 15.4. The third kappa shape index (κ3) is 3.87. The molecule has 0 radical (unpaired) electrons. The number of anilines is 1. The topological polar surface area (TPSA) is 108 Å². The minimum Gasteiger partial charge on any atom is -0.495 e. The van der Waals surface area contributed by atoms with E-state index >= 15 is 0 Å². The van der Waals surface area contributed by atoms with Gasteiger partial charge in [0, 0.05) is 0 Å². The summed E-state index contributed by atoms with van der Waals surface area (Å²) >= 11 is 6.24. The Morgan fingerprint density at radius 1 is 1.20 bits per heavy atom. The van der Waals surface area contributed by atoms with Gasteiger partial charge in [0.25, 0.3) is 5.89 Å². The van der Waals surface area contributed by atoms with Gasteiger partial charge in [-0.2, -0.15) is 4.98 Å². The van der Waals surface area contributed by atoms with Gasteiger partial charge in [0.05, 0.1) is 35.6 Å². The Morgan fingerprint density at radius 3 is 2.77 bits per heavy atom. The SMILES string of the molecule is COc1ccccc1NC(=O)Cc1noc(-c2nnn(-c3ccccc3Cl)c2C)n1. The molecule has 152 valence electrons. The standard InChI is InChI=1S/C20H17ClN6O3/c1-12-19(24-26-27(12)15-9-5-3-7-13(15)21)20-23-17(25-30-20)11-18(28)22-14-8-4-6-10-16(14)29-2/h3-10H,11H2,1-2H3,(H,22,28). The second-order valence-corrected chi connectivity index (χ2v) is 6.73. The Balaban J connectivity index is 1.51. The number of carbonyl (C=O) groups excluding carboxylic acids is 1. The van der Waals surface area contributed by atoms with E-state index in [0.717, 1.165) is 0 Å². The molecule has 0 fully saturated rings. The van der Waals surface area contributed by atoms with Crippen molar-refractivity contribution < 1.29 is 14.1 Å². The Bertz CT molecular complexity index is 1200. The van der Waals surface area contributed by atoms with E-state index in [1.807, 2.05) is 31.2 Å². The average Bonchev–Trinajstić information content (AvgIpc) is 3.35. The number of ether oxygens (including phenoxy) is 1. The fraction of sp³-hybridized carbons (Fsp3) is 0.150. The molecule has 30 heavy (non-hydrogen) atoms. The second kappa shape index (κ2) is 8.34. The molecule has 10 heteroatoms. The predicted molar refractivity (Wildman–Crippen MR) is 110 cm³/mol. The molecule has 2 heterocycles. The normalized spacial score (nSPS) is 10.8. The van der Waals surface area contributed by atoms with Crippen molar-refractivity contribution in [1.82, 2.24) is 25.1 Å². The van der Waals surface area contributed by atoms with Crippen LogP contribution >= 0.6 is 11.6 Å². The molecule has 0 saturated carbocycles. The third-order valence-electron chi connectivity index (χ3n) is 4.35. The predicted octanol–water partition coefficient (Wildman–Crippen LogP) is 3.47. The number of rotatable bonds is 6. The minimum absolute atomic E-state index is 0.0702. The Labute approximate surface area is 176 Å². The van der Waals surface area contributed by atoms with Gasteiger partial charge in [0.2, 0.25) is 5.91 Å². The number of amides is 1. The van der Waals surface area contributed by atoms with Crippen molar-refractivity contribution in [2.45, 2.75) is 13.3 Å². The molecule has 0 aliphatic rings. The zero-order chi connectivity index (χ0) is 21.1. The van der Waals surface area contributed by atoms with Crippen LogP contribution in [-0.2, 0) is 11.2 Å². The molecule has 0 aliphatic carbocycles. The highest BCUT2D eigenvalue weighted by molar-refractivity contribution is 6.32. The fourth-order valence-electron chi connectivity index (χ4n) is 2.89. The van der Waals surface area contributed by atoms with Crippen molar-refractivity contribution in [3.8, 4) is 23.0 Å². The van der Waals surface area contributed by atoms with E-state index in [9.17, 15) is 4.79 Å². The molecule has 0 spiro atoms. The van der Waals surface area contributed by atoms with Crippen LogP contribution < -0.4 is 10.1 Å². The van der Waals surface area contributed by atoms with E-state index in [1.165, 1.54) is 7.11 Å². The van der Waals surface area contributed by atoms with Gasteiger partial charge in [0.1, 0.15) is 5.75 Å². The number of aromatic nitrogens is 5. The first-order valence-corrected chi connectivity index (χ1v) is 9.37. The molecule has 0 bridgehead atoms. The summed E-state index contributed by atoms with van der Waals surface area (Å²) in [5.74, 6) is 0.657. The molecule has 4 rings (SSSR count). The van der Waals surface area contributed by atoms with E-state index < -0.39 is 0 Å². The first kappa shape index (κ1) is 19.6. The molecule has 0 atom stereocenters. The number of methoxy groups -OCH3 is 1. The average molecular weight is 425 g/mol. The smallest absolute Gasteiger partial charge is 0.280 e. The maximum Gasteiger partial charge on any atom is 0.280 e. The summed E-state index contributed by atoms with van der Waals surface area (Å²) in [7, 11) is 1.54. The number of nitrogens with zero attached hydrogens (tertiary/aromatic N) is 5. The van der Waals surface area contributed by atoms with E-state index in [2.05, 4.69) is 25.8 Å². The number of hydrogen-bond donors (Lipinski definition) is 1. The number of hydrogen-bond acceptors (Lipinski definition) is 7. The molecule has 0 unspecified atom stereocenters. The summed E-state index contributed by atoms with van der Waals surface area (Å²) < 4.78 is 12.1. The number of carbonyl (C=O) groups is 1. The fourth-order valence-corrected chi connectivity index (χ4v) is 3.10.